The second-order valence-electron chi connectivity index (χ2n) is 7.68. The Morgan fingerprint density at radius 1 is 1.07 bits per heavy atom. The van der Waals surface area contributed by atoms with Gasteiger partial charge < -0.3 is 0 Å². The fourth-order valence-corrected chi connectivity index (χ4v) is 6.09. The van der Waals surface area contributed by atoms with Crippen LogP contribution in [0.4, 0.5) is 0 Å². The summed E-state index contributed by atoms with van der Waals surface area (Å²) in [6.45, 7) is 0.782. The van der Waals surface area contributed by atoms with Gasteiger partial charge in [-0.3, -0.25) is 9.36 Å². The van der Waals surface area contributed by atoms with E-state index in [0.717, 1.165) is 54.7 Å². The molecule has 2 aromatic heterocycles. The van der Waals surface area contributed by atoms with Gasteiger partial charge >= 0.3 is 0 Å². The van der Waals surface area contributed by atoms with E-state index in [2.05, 4.69) is 36.6 Å². The van der Waals surface area contributed by atoms with Gasteiger partial charge in [0.2, 0.25) is 0 Å². The number of fused-ring (bicyclic) bond motifs is 4. The maximum Gasteiger partial charge on any atom is 0.262 e. The Kier molecular flexibility index (Phi) is 4.89. The van der Waals surface area contributed by atoms with Crippen LogP contribution >= 0.6 is 23.1 Å². The van der Waals surface area contributed by atoms with Crippen molar-refractivity contribution in [2.75, 3.05) is 6.26 Å². The highest BCUT2D eigenvalue weighted by Crippen LogP contribution is 2.35. The van der Waals surface area contributed by atoms with Crippen molar-refractivity contribution in [1.29, 1.82) is 0 Å². The van der Waals surface area contributed by atoms with Crippen molar-refractivity contribution in [3.05, 3.63) is 56.4 Å². The minimum atomic E-state index is 0.185. The van der Waals surface area contributed by atoms with E-state index in [9.17, 15) is 4.79 Å². The molecule has 3 heterocycles. The summed E-state index contributed by atoms with van der Waals surface area (Å²) in [7, 11) is 0. The second-order valence-corrected chi connectivity index (χ2v) is 9.65. The first-order valence-corrected chi connectivity index (χ1v) is 12.2. The van der Waals surface area contributed by atoms with Crippen molar-refractivity contribution in [3.8, 4) is 0 Å². The number of nitrogens with zero attached hydrogens (tertiary/aromatic N) is 2. The minimum Gasteiger partial charge on any atom is -0.292 e. The molecule has 1 aliphatic carbocycles. The maximum absolute atomic E-state index is 13.4. The lowest BCUT2D eigenvalue weighted by Crippen LogP contribution is -2.24. The molecule has 0 bridgehead atoms. The molecule has 3 nitrogen and oxygen atoms in total. The largest absolute Gasteiger partial charge is 0.292 e. The Hall–Kier alpha value is -1.85. The first kappa shape index (κ1) is 18.2. The standard InChI is InChI=1S/C23H24N2OS2/c1-27-17-11-9-15(10-12-17)14-16-6-4-5-13-25-21(16)24-22-20(23(25)26)18-7-2-3-8-19(18)28-22/h9-12,14H,2-8,13H2,1H3/b16-14+. The van der Waals surface area contributed by atoms with Gasteiger partial charge in [0, 0.05) is 16.3 Å². The fourth-order valence-electron chi connectivity index (χ4n) is 4.43. The molecule has 1 aliphatic heterocycles. The van der Waals surface area contributed by atoms with Crippen LogP contribution in [0.5, 0.6) is 0 Å². The highest BCUT2D eigenvalue weighted by Gasteiger charge is 2.24. The quantitative estimate of drug-likeness (QED) is 0.504. The van der Waals surface area contributed by atoms with Crippen LogP contribution in [0.2, 0.25) is 0 Å². The van der Waals surface area contributed by atoms with Gasteiger partial charge in [0.15, 0.2) is 0 Å². The van der Waals surface area contributed by atoms with Gasteiger partial charge in [0.1, 0.15) is 10.7 Å². The van der Waals surface area contributed by atoms with E-state index in [-0.39, 0.29) is 5.56 Å². The molecular formula is C23H24N2OS2. The van der Waals surface area contributed by atoms with Gasteiger partial charge in [-0.25, -0.2) is 4.98 Å². The predicted molar refractivity (Wildman–Crippen MR) is 120 cm³/mol. The zero-order valence-corrected chi connectivity index (χ0v) is 17.8. The van der Waals surface area contributed by atoms with Crippen LogP contribution in [0.3, 0.4) is 0 Å². The zero-order valence-electron chi connectivity index (χ0n) is 16.2. The zero-order chi connectivity index (χ0) is 19.1. The van der Waals surface area contributed by atoms with E-state index in [0.29, 0.717) is 0 Å². The van der Waals surface area contributed by atoms with Crippen LogP contribution < -0.4 is 5.56 Å². The third-order valence-corrected chi connectivity index (χ3v) is 7.83. The number of allylic oxidation sites excluding steroid dienone is 1. The number of rotatable bonds is 2. The first-order chi connectivity index (χ1) is 13.7. The molecule has 0 radical (unpaired) electrons. The molecule has 0 amide bonds. The Morgan fingerprint density at radius 2 is 1.86 bits per heavy atom. The highest BCUT2D eigenvalue weighted by atomic mass is 32.2. The topological polar surface area (TPSA) is 34.9 Å². The average Bonchev–Trinajstić information content (AvgIpc) is 2.98. The van der Waals surface area contributed by atoms with Crippen molar-refractivity contribution in [1.82, 2.24) is 9.55 Å². The number of hydrogen-bond donors (Lipinski definition) is 0. The molecule has 2 aliphatic rings. The van der Waals surface area contributed by atoms with Gasteiger partial charge in [-0.05, 0) is 86.1 Å². The molecule has 5 heteroatoms. The average molecular weight is 409 g/mol. The number of aromatic nitrogens is 2. The first-order valence-electron chi connectivity index (χ1n) is 10.1. The van der Waals surface area contributed by atoms with E-state index in [1.54, 1.807) is 23.1 Å². The van der Waals surface area contributed by atoms with Crippen LogP contribution in [-0.4, -0.2) is 15.8 Å². The Labute approximate surface area is 173 Å². The fraction of sp³-hybridized carbons (Fsp3) is 0.391. The molecule has 0 fully saturated rings. The summed E-state index contributed by atoms with van der Waals surface area (Å²) in [5.41, 5.74) is 3.85. The van der Waals surface area contributed by atoms with Crippen LogP contribution in [0.15, 0.2) is 34.0 Å². The van der Waals surface area contributed by atoms with Crippen LogP contribution in [0.1, 0.15) is 53.9 Å². The molecule has 0 N–H and O–H groups in total. The Bertz CT molecular complexity index is 1120. The molecule has 1 aromatic carbocycles. The normalized spacial score (nSPS) is 18.1. The summed E-state index contributed by atoms with van der Waals surface area (Å²) >= 11 is 3.51. The summed E-state index contributed by atoms with van der Waals surface area (Å²) < 4.78 is 1.96. The smallest absolute Gasteiger partial charge is 0.262 e. The molecule has 0 saturated carbocycles. The van der Waals surface area contributed by atoms with E-state index < -0.39 is 0 Å². The molecule has 0 atom stereocenters. The third kappa shape index (κ3) is 3.15. The summed E-state index contributed by atoms with van der Waals surface area (Å²) in [4.78, 5) is 22.1. The summed E-state index contributed by atoms with van der Waals surface area (Å²) in [6, 6.07) is 8.64. The molecule has 5 rings (SSSR count). The second kappa shape index (κ2) is 7.53. The third-order valence-electron chi connectivity index (χ3n) is 5.90. The van der Waals surface area contributed by atoms with Gasteiger partial charge in [-0.2, -0.15) is 0 Å². The van der Waals surface area contributed by atoms with E-state index >= 15 is 0 Å². The summed E-state index contributed by atoms with van der Waals surface area (Å²) in [5.74, 6) is 0.891. The molecule has 144 valence electrons. The van der Waals surface area contributed by atoms with Crippen molar-refractivity contribution in [3.63, 3.8) is 0 Å². The molecule has 28 heavy (non-hydrogen) atoms. The number of thiophene rings is 1. The van der Waals surface area contributed by atoms with Crippen molar-refractivity contribution in [2.24, 2.45) is 0 Å². The summed E-state index contributed by atoms with van der Waals surface area (Å²) in [6.07, 6.45) is 12.0. The van der Waals surface area contributed by atoms with Crippen LogP contribution in [-0.2, 0) is 19.4 Å². The van der Waals surface area contributed by atoms with E-state index in [4.69, 9.17) is 4.98 Å². The van der Waals surface area contributed by atoms with Crippen molar-refractivity contribution < 1.29 is 0 Å². The monoisotopic (exact) mass is 408 g/mol. The van der Waals surface area contributed by atoms with Crippen molar-refractivity contribution >= 4 is 45.0 Å². The number of thioether (sulfide) groups is 1. The van der Waals surface area contributed by atoms with Gasteiger partial charge in [0.05, 0.1) is 5.39 Å². The molecular weight excluding hydrogens is 384 g/mol. The molecule has 3 aromatic rings. The lowest BCUT2D eigenvalue weighted by Gasteiger charge is -2.13. The summed E-state index contributed by atoms with van der Waals surface area (Å²) in [5, 5.41) is 0.911. The van der Waals surface area contributed by atoms with E-state index in [1.165, 1.54) is 39.3 Å². The highest BCUT2D eigenvalue weighted by molar-refractivity contribution is 7.98. The maximum atomic E-state index is 13.4. The molecule has 0 unspecified atom stereocenters. The molecule has 0 spiro atoms. The van der Waals surface area contributed by atoms with Crippen LogP contribution in [0, 0.1) is 0 Å². The number of benzene rings is 1. The minimum absolute atomic E-state index is 0.185. The predicted octanol–water partition coefficient (Wildman–Crippen LogP) is 5.78. The number of hydrogen-bond acceptors (Lipinski definition) is 4. The van der Waals surface area contributed by atoms with Gasteiger partial charge in [-0.1, -0.05) is 12.1 Å². The Morgan fingerprint density at radius 3 is 2.68 bits per heavy atom. The Balaban J connectivity index is 1.67. The van der Waals surface area contributed by atoms with Crippen LogP contribution in [0.25, 0.3) is 21.9 Å². The van der Waals surface area contributed by atoms with Gasteiger partial charge in [0.25, 0.3) is 5.56 Å². The lowest BCUT2D eigenvalue weighted by atomic mass is 9.97. The number of aryl methyl sites for hydroxylation is 2. The lowest BCUT2D eigenvalue weighted by molar-refractivity contribution is 0.613. The van der Waals surface area contributed by atoms with E-state index in [1.807, 2.05) is 4.57 Å². The van der Waals surface area contributed by atoms with Gasteiger partial charge in [-0.15, -0.1) is 23.1 Å². The van der Waals surface area contributed by atoms with Crippen molar-refractivity contribution in [2.45, 2.75) is 56.4 Å². The molecule has 0 saturated heterocycles. The SMILES string of the molecule is CSc1ccc(/C=C2\CCCCn3c2nc2sc4c(c2c3=O)CCCC4)cc1.